The molecule has 1 N–H and O–H groups in total. The van der Waals surface area contributed by atoms with E-state index in [1.54, 1.807) is 16.8 Å². The normalized spacial score (nSPS) is 11.0. The number of hydrogen-bond acceptors (Lipinski definition) is 3. The molecule has 0 amide bonds. The largest absolute Gasteiger partial charge is 0.481 e. The number of rotatable bonds is 3. The van der Waals surface area contributed by atoms with Gasteiger partial charge < -0.3 is 9.67 Å². The number of nitrogens with zero attached hydrogens (tertiary/aromatic N) is 3. The van der Waals surface area contributed by atoms with E-state index in [1.165, 1.54) is 0 Å². The van der Waals surface area contributed by atoms with E-state index in [1.807, 2.05) is 24.3 Å². The monoisotopic (exact) mass is 321 g/mol. The van der Waals surface area contributed by atoms with Crippen LogP contribution in [0.3, 0.4) is 0 Å². The molecular weight excluding hydrogens is 313 g/mol. The molecule has 0 aliphatic rings. The lowest BCUT2D eigenvalue weighted by Crippen LogP contribution is -2.00. The molecule has 3 aromatic rings. The molecule has 0 fully saturated rings. The van der Waals surface area contributed by atoms with Crippen LogP contribution in [0.1, 0.15) is 5.56 Å². The molecule has 2 aromatic heterocycles. The van der Waals surface area contributed by atoms with Gasteiger partial charge >= 0.3 is 5.97 Å². The number of fused-ring (bicyclic) bond motifs is 1. The maximum atomic E-state index is 11.0. The highest BCUT2D eigenvalue weighted by Crippen LogP contribution is 2.26. The molecule has 5 nitrogen and oxygen atoms in total. The van der Waals surface area contributed by atoms with Crippen LogP contribution in [0, 0.1) is 0 Å². The van der Waals surface area contributed by atoms with Gasteiger partial charge in [-0.3, -0.25) is 4.79 Å². The first-order chi connectivity index (χ1) is 10.0. The van der Waals surface area contributed by atoms with Crippen LogP contribution < -0.4 is 0 Å². The van der Waals surface area contributed by atoms with Gasteiger partial charge in [0.2, 0.25) is 5.28 Å². The van der Waals surface area contributed by atoms with Gasteiger partial charge in [-0.1, -0.05) is 29.8 Å². The van der Waals surface area contributed by atoms with Crippen molar-refractivity contribution in [2.75, 3.05) is 0 Å². The highest BCUT2D eigenvalue weighted by molar-refractivity contribution is 6.31. The van der Waals surface area contributed by atoms with E-state index in [4.69, 9.17) is 28.3 Å². The van der Waals surface area contributed by atoms with Crippen LogP contribution in [0.15, 0.2) is 36.5 Å². The fourth-order valence-electron chi connectivity index (χ4n) is 2.25. The second kappa shape index (κ2) is 5.35. The molecule has 1 aromatic carbocycles. The van der Waals surface area contributed by atoms with Gasteiger partial charge in [-0.2, -0.15) is 4.98 Å². The quantitative estimate of drug-likeness (QED) is 0.593. The summed E-state index contributed by atoms with van der Waals surface area (Å²) in [7, 11) is 0. The third-order valence-corrected chi connectivity index (χ3v) is 3.40. The summed E-state index contributed by atoms with van der Waals surface area (Å²) in [4.78, 5) is 18.9. The van der Waals surface area contributed by atoms with E-state index in [-0.39, 0.29) is 16.9 Å². The Labute approximate surface area is 129 Å². The number of hydrogen-bond donors (Lipinski definition) is 1. The van der Waals surface area contributed by atoms with E-state index in [9.17, 15) is 4.79 Å². The van der Waals surface area contributed by atoms with E-state index < -0.39 is 5.97 Å². The minimum atomic E-state index is -0.892. The molecular formula is C14H9Cl2N3O2. The zero-order valence-electron chi connectivity index (χ0n) is 10.6. The average Bonchev–Trinajstić information content (AvgIpc) is 2.76. The van der Waals surface area contributed by atoms with Crippen molar-refractivity contribution in [1.29, 1.82) is 0 Å². The standard InChI is InChI=1S/C14H9Cl2N3O2/c15-11-6-12(18-14(16)17-11)19-7-8(5-13(20)21)9-3-1-2-4-10(9)19/h1-4,6-7H,5H2,(H,20,21). The molecule has 2 heterocycles. The topological polar surface area (TPSA) is 68.0 Å². The van der Waals surface area contributed by atoms with Gasteiger partial charge in [-0.25, -0.2) is 4.98 Å². The lowest BCUT2D eigenvalue weighted by atomic mass is 10.1. The van der Waals surface area contributed by atoms with Crippen LogP contribution in [-0.2, 0) is 11.2 Å². The van der Waals surface area contributed by atoms with Crippen molar-refractivity contribution in [2.45, 2.75) is 6.42 Å². The zero-order chi connectivity index (χ0) is 15.0. The lowest BCUT2D eigenvalue weighted by molar-refractivity contribution is -0.136. The minimum Gasteiger partial charge on any atom is -0.481 e. The molecule has 0 saturated carbocycles. The predicted octanol–water partition coefficient (Wildman–Crippen LogP) is 3.35. The molecule has 0 radical (unpaired) electrons. The van der Waals surface area contributed by atoms with Gasteiger partial charge in [0.15, 0.2) is 0 Å². The number of aromatic nitrogens is 3. The molecule has 0 bridgehead atoms. The average molecular weight is 322 g/mol. The number of aliphatic carboxylic acids is 1. The highest BCUT2D eigenvalue weighted by Gasteiger charge is 2.13. The molecule has 0 saturated heterocycles. The Morgan fingerprint density at radius 1 is 1.24 bits per heavy atom. The first-order valence-corrected chi connectivity index (χ1v) is 6.81. The summed E-state index contributed by atoms with van der Waals surface area (Å²) in [6, 6.07) is 9.05. The highest BCUT2D eigenvalue weighted by atomic mass is 35.5. The van der Waals surface area contributed by atoms with E-state index in [2.05, 4.69) is 9.97 Å². The molecule has 7 heteroatoms. The Bertz CT molecular complexity index is 825. The van der Waals surface area contributed by atoms with Crippen LogP contribution in [0.2, 0.25) is 10.4 Å². The summed E-state index contributed by atoms with van der Waals surface area (Å²) in [5, 5.41) is 10.1. The third-order valence-electron chi connectivity index (χ3n) is 3.04. The van der Waals surface area contributed by atoms with Crippen molar-refractivity contribution < 1.29 is 9.90 Å². The zero-order valence-corrected chi connectivity index (χ0v) is 12.1. The van der Waals surface area contributed by atoms with Crippen LogP contribution in [0.25, 0.3) is 16.7 Å². The lowest BCUT2D eigenvalue weighted by Gasteiger charge is -2.04. The van der Waals surface area contributed by atoms with Gasteiger partial charge in [0.1, 0.15) is 11.0 Å². The SMILES string of the molecule is O=C(O)Cc1cn(-c2cc(Cl)nc(Cl)n2)c2ccccc12. The van der Waals surface area contributed by atoms with Crippen molar-refractivity contribution in [2.24, 2.45) is 0 Å². The van der Waals surface area contributed by atoms with Crippen molar-refractivity contribution in [3.63, 3.8) is 0 Å². The molecule has 106 valence electrons. The van der Waals surface area contributed by atoms with Gasteiger partial charge in [-0.15, -0.1) is 0 Å². The Morgan fingerprint density at radius 2 is 2.00 bits per heavy atom. The van der Waals surface area contributed by atoms with E-state index in [0.717, 1.165) is 10.9 Å². The van der Waals surface area contributed by atoms with Crippen molar-refractivity contribution in [3.8, 4) is 5.82 Å². The molecule has 3 rings (SSSR count). The second-order valence-electron chi connectivity index (χ2n) is 4.43. The fraction of sp³-hybridized carbons (Fsp3) is 0.0714. The van der Waals surface area contributed by atoms with Crippen LogP contribution in [-0.4, -0.2) is 25.6 Å². The summed E-state index contributed by atoms with van der Waals surface area (Å²) in [6.07, 6.45) is 1.66. The summed E-state index contributed by atoms with van der Waals surface area (Å²) in [5.41, 5.74) is 1.53. The second-order valence-corrected chi connectivity index (χ2v) is 5.16. The third kappa shape index (κ3) is 2.70. The Morgan fingerprint density at radius 3 is 2.71 bits per heavy atom. The van der Waals surface area contributed by atoms with Gasteiger partial charge in [0, 0.05) is 17.6 Å². The predicted molar refractivity (Wildman–Crippen MR) is 80.2 cm³/mol. The molecule has 0 atom stereocenters. The molecule has 0 aliphatic heterocycles. The first-order valence-electron chi connectivity index (χ1n) is 6.06. The maximum absolute atomic E-state index is 11.0. The van der Waals surface area contributed by atoms with Gasteiger partial charge in [-0.05, 0) is 23.2 Å². The number of benzene rings is 1. The van der Waals surface area contributed by atoms with Crippen molar-refractivity contribution >= 4 is 40.1 Å². The molecule has 21 heavy (non-hydrogen) atoms. The van der Waals surface area contributed by atoms with Crippen molar-refractivity contribution in [3.05, 3.63) is 52.5 Å². The minimum absolute atomic E-state index is 0.0371. The Kier molecular flexibility index (Phi) is 3.53. The van der Waals surface area contributed by atoms with Crippen LogP contribution >= 0.6 is 23.2 Å². The van der Waals surface area contributed by atoms with Gasteiger partial charge in [0.25, 0.3) is 0 Å². The number of carboxylic acid groups (broad SMARTS) is 1. The van der Waals surface area contributed by atoms with Crippen LogP contribution in [0.4, 0.5) is 0 Å². The number of halogens is 2. The summed E-state index contributed by atoms with van der Waals surface area (Å²) in [5.74, 6) is -0.399. The maximum Gasteiger partial charge on any atom is 0.307 e. The van der Waals surface area contributed by atoms with E-state index >= 15 is 0 Å². The van der Waals surface area contributed by atoms with Crippen molar-refractivity contribution in [1.82, 2.24) is 14.5 Å². The van der Waals surface area contributed by atoms with E-state index in [0.29, 0.717) is 11.4 Å². The molecule has 0 aliphatic carbocycles. The van der Waals surface area contributed by atoms with Gasteiger partial charge in [0.05, 0.1) is 11.9 Å². The Balaban J connectivity index is 2.25. The molecule has 0 spiro atoms. The summed E-state index contributed by atoms with van der Waals surface area (Å²) >= 11 is 11.7. The number of para-hydroxylation sites is 1. The summed E-state index contributed by atoms with van der Waals surface area (Å²) < 4.78 is 1.76. The first kappa shape index (κ1) is 13.9. The fourth-order valence-corrected chi connectivity index (χ4v) is 2.64. The number of carboxylic acids is 1. The smallest absolute Gasteiger partial charge is 0.307 e. The Hall–Kier alpha value is -2.11. The van der Waals surface area contributed by atoms with Crippen LogP contribution in [0.5, 0.6) is 0 Å². The number of carbonyl (C=O) groups is 1. The summed E-state index contributed by atoms with van der Waals surface area (Å²) in [6.45, 7) is 0. The molecule has 0 unspecified atom stereocenters.